The lowest BCUT2D eigenvalue weighted by atomic mass is 9.44. The Labute approximate surface area is 215 Å². The maximum absolute atomic E-state index is 11.6. The van der Waals surface area contributed by atoms with Gasteiger partial charge in [0.05, 0.1) is 0 Å². The molecule has 4 rings (SSSR count). The molecule has 4 fully saturated rings. The van der Waals surface area contributed by atoms with Gasteiger partial charge in [0.25, 0.3) is 0 Å². The Balaban J connectivity index is 1.57. The molecule has 0 spiro atoms. The molecule has 0 unspecified atom stereocenters. The number of alkyl halides is 1. The van der Waals surface area contributed by atoms with E-state index in [1.807, 2.05) is 0 Å². The number of rotatable bonds is 8. The molecular weight excluding hydrogens is 516 g/mol. The van der Waals surface area contributed by atoms with E-state index in [-0.39, 0.29) is 24.2 Å². The van der Waals surface area contributed by atoms with E-state index in [1.54, 1.807) is 0 Å². The largest absolute Gasteiger partial charge is 0.397 e. The van der Waals surface area contributed by atoms with E-state index >= 15 is 0 Å². The fourth-order valence-electron chi connectivity index (χ4n) is 9.32. The summed E-state index contributed by atoms with van der Waals surface area (Å²) in [5.74, 6) is 3.69. The van der Waals surface area contributed by atoms with Crippen molar-refractivity contribution in [2.24, 2.45) is 46.3 Å². The Morgan fingerprint density at radius 3 is 2.17 bits per heavy atom. The third-order valence-corrected chi connectivity index (χ3v) is 11.9. The van der Waals surface area contributed by atoms with Gasteiger partial charge < -0.3 is 0 Å². The summed E-state index contributed by atoms with van der Waals surface area (Å²) < 4.78 is 74.5. The first kappa shape index (κ1) is 28.0. The van der Waals surface area contributed by atoms with Crippen LogP contribution in [0.5, 0.6) is 0 Å². The molecule has 0 aromatic rings. The molecule has 0 aromatic heterocycles. The van der Waals surface area contributed by atoms with Gasteiger partial charge in [-0.1, -0.05) is 20.8 Å². The van der Waals surface area contributed by atoms with E-state index in [4.69, 9.17) is 20.0 Å². The zero-order valence-corrected chi connectivity index (χ0v) is 23.3. The van der Waals surface area contributed by atoms with Gasteiger partial charge in [0, 0.05) is 5.88 Å². The van der Waals surface area contributed by atoms with Gasteiger partial charge in [-0.05, 0) is 111 Å². The molecule has 0 aliphatic heterocycles. The minimum Gasteiger partial charge on any atom is -0.264 e. The first-order chi connectivity index (χ1) is 16.2. The highest BCUT2D eigenvalue weighted by molar-refractivity contribution is 7.81. The summed E-state index contributed by atoms with van der Waals surface area (Å²) in [5.41, 5.74) is 0.0344. The number of fused-ring (bicyclic) bond motifs is 5. The topological polar surface area (TPSA) is 127 Å². The summed E-state index contributed by atoms with van der Waals surface area (Å²) in [6.45, 7) is 7.04. The molecule has 0 amide bonds. The van der Waals surface area contributed by atoms with Crippen LogP contribution in [0.25, 0.3) is 0 Å². The van der Waals surface area contributed by atoms with Gasteiger partial charge in [-0.15, -0.1) is 11.6 Å². The van der Waals surface area contributed by atoms with Crippen LogP contribution in [0.1, 0.15) is 85.0 Å². The summed E-state index contributed by atoms with van der Waals surface area (Å²) >= 11 is 5.97. The summed E-state index contributed by atoms with van der Waals surface area (Å²) in [5, 5.41) is 0. The first-order valence-corrected chi connectivity index (χ1v) is 16.3. The zero-order chi connectivity index (χ0) is 25.8. The predicted molar refractivity (Wildman–Crippen MR) is 133 cm³/mol. The Morgan fingerprint density at radius 1 is 0.914 bits per heavy atom. The third-order valence-electron chi connectivity index (χ3n) is 10.7. The molecule has 0 saturated heterocycles. The average Bonchev–Trinajstić information content (AvgIpc) is 3.08. The maximum atomic E-state index is 11.6. The van der Waals surface area contributed by atoms with E-state index in [0.717, 1.165) is 38.5 Å². The van der Waals surface area contributed by atoms with Gasteiger partial charge in [-0.25, -0.2) is 8.37 Å². The monoisotopic (exact) mass is 556 g/mol. The molecule has 4 saturated carbocycles. The van der Waals surface area contributed by atoms with Crippen molar-refractivity contribution < 1.29 is 34.3 Å². The standard InChI is InChI=1S/C24H41ClO8S2/c1-15(5-4-12-25)18-8-9-19-17-7-6-16-13-21(32-34(26,27)28)22(33-35(29,30)31)14-24(16,3)20(17)10-11-23(18,19)2/h15-22H,4-14H2,1-3H3,(H,26,27,28)(H,29,30,31)/t15-,16+,17+,18-,19+,20+,21+,22+,23-,24+/m1/s1. The number of hydrogen-bond donors (Lipinski definition) is 2. The van der Waals surface area contributed by atoms with Crippen molar-refractivity contribution in [1.82, 2.24) is 0 Å². The van der Waals surface area contributed by atoms with E-state index in [0.29, 0.717) is 40.9 Å². The molecule has 4 aliphatic rings. The van der Waals surface area contributed by atoms with Crippen LogP contribution in [0.2, 0.25) is 0 Å². The molecule has 0 heterocycles. The molecule has 204 valence electrons. The van der Waals surface area contributed by atoms with Crippen LogP contribution in [0.15, 0.2) is 0 Å². The van der Waals surface area contributed by atoms with E-state index in [2.05, 4.69) is 20.8 Å². The fraction of sp³-hybridized carbons (Fsp3) is 1.00. The lowest BCUT2D eigenvalue weighted by molar-refractivity contribution is -0.152. The number of halogens is 1. The highest BCUT2D eigenvalue weighted by Crippen LogP contribution is 2.68. The van der Waals surface area contributed by atoms with Gasteiger partial charge in [0.1, 0.15) is 12.2 Å². The van der Waals surface area contributed by atoms with E-state index < -0.39 is 33.0 Å². The number of hydrogen-bond acceptors (Lipinski definition) is 6. The summed E-state index contributed by atoms with van der Waals surface area (Å²) in [4.78, 5) is 0. The van der Waals surface area contributed by atoms with Crippen molar-refractivity contribution >= 4 is 32.4 Å². The molecule has 8 nitrogen and oxygen atoms in total. The molecule has 2 N–H and O–H groups in total. The minimum absolute atomic E-state index is 0.126. The summed E-state index contributed by atoms with van der Waals surface area (Å²) in [6, 6.07) is 0. The zero-order valence-electron chi connectivity index (χ0n) is 20.9. The van der Waals surface area contributed by atoms with Gasteiger partial charge in [0.2, 0.25) is 0 Å². The second-order valence-electron chi connectivity index (χ2n) is 12.3. The molecule has 35 heavy (non-hydrogen) atoms. The smallest absolute Gasteiger partial charge is 0.264 e. The van der Waals surface area contributed by atoms with Crippen molar-refractivity contribution in [3.8, 4) is 0 Å². The molecule has 0 bridgehead atoms. The Bertz CT molecular complexity index is 987. The summed E-state index contributed by atoms with van der Waals surface area (Å²) in [6.07, 6.45) is 7.01. The van der Waals surface area contributed by atoms with Crippen molar-refractivity contribution in [1.29, 1.82) is 0 Å². The van der Waals surface area contributed by atoms with Gasteiger partial charge in [-0.2, -0.15) is 16.8 Å². The second-order valence-corrected chi connectivity index (χ2v) is 14.7. The molecule has 0 radical (unpaired) electrons. The van der Waals surface area contributed by atoms with Crippen molar-refractivity contribution in [3.05, 3.63) is 0 Å². The van der Waals surface area contributed by atoms with E-state index in [9.17, 15) is 25.9 Å². The highest BCUT2D eigenvalue weighted by atomic mass is 35.5. The van der Waals surface area contributed by atoms with Gasteiger partial charge in [-0.3, -0.25) is 9.11 Å². The maximum Gasteiger partial charge on any atom is 0.397 e. The molecule has 10 atom stereocenters. The van der Waals surface area contributed by atoms with E-state index in [1.165, 1.54) is 12.8 Å². The average molecular weight is 557 g/mol. The van der Waals surface area contributed by atoms with Crippen LogP contribution in [0, 0.1) is 46.3 Å². The van der Waals surface area contributed by atoms with Crippen LogP contribution in [0.4, 0.5) is 0 Å². The Hall–Kier alpha value is 0.0300. The molecule has 11 heteroatoms. The van der Waals surface area contributed by atoms with Gasteiger partial charge >= 0.3 is 20.8 Å². The fourth-order valence-corrected chi connectivity index (χ4v) is 10.5. The first-order valence-electron chi connectivity index (χ1n) is 13.1. The lowest BCUT2D eigenvalue weighted by Gasteiger charge is -2.62. The van der Waals surface area contributed by atoms with Crippen LogP contribution >= 0.6 is 11.6 Å². The Kier molecular flexibility index (Phi) is 7.99. The second kappa shape index (κ2) is 9.97. The predicted octanol–water partition coefficient (Wildman–Crippen LogP) is 5.29. The van der Waals surface area contributed by atoms with Gasteiger partial charge in [0.15, 0.2) is 0 Å². The third kappa shape index (κ3) is 5.59. The van der Waals surface area contributed by atoms with Crippen LogP contribution in [-0.2, 0) is 29.2 Å². The van der Waals surface area contributed by atoms with Crippen molar-refractivity contribution in [2.45, 2.75) is 97.2 Å². The minimum atomic E-state index is -4.82. The molecule has 4 aliphatic carbocycles. The summed E-state index contributed by atoms with van der Waals surface area (Å²) in [7, 11) is -9.62. The van der Waals surface area contributed by atoms with Crippen molar-refractivity contribution in [2.75, 3.05) is 5.88 Å². The lowest BCUT2D eigenvalue weighted by Crippen LogP contribution is -2.57. The van der Waals surface area contributed by atoms with Crippen molar-refractivity contribution in [3.63, 3.8) is 0 Å². The molecule has 0 aromatic carbocycles. The SMILES string of the molecule is C[C@H](CCCCl)[C@H]1CC[C@H]2[C@@H]3CC[C@H]4C[C@H](OS(=O)(=O)O)[C@@H](OS(=O)(=O)O)C[C@]4(C)[C@H]3CC[C@]12C. The normalized spacial score (nSPS) is 44.8. The molecular formula is C24H41ClO8S2. The highest BCUT2D eigenvalue weighted by Gasteiger charge is 2.62. The van der Waals surface area contributed by atoms with Crippen LogP contribution < -0.4 is 0 Å². The quantitative estimate of drug-likeness (QED) is 0.305. The van der Waals surface area contributed by atoms with Crippen LogP contribution in [0.3, 0.4) is 0 Å². The van der Waals surface area contributed by atoms with Crippen LogP contribution in [-0.4, -0.2) is 44.0 Å². The Morgan fingerprint density at radius 2 is 1.54 bits per heavy atom.